The fourth-order valence-corrected chi connectivity index (χ4v) is 3.27. The molecule has 1 amide bonds. The van der Waals surface area contributed by atoms with Crippen molar-refractivity contribution in [2.45, 2.75) is 38.3 Å². The Labute approximate surface area is 163 Å². The average molecular weight is 388 g/mol. The van der Waals surface area contributed by atoms with Gasteiger partial charge in [-0.05, 0) is 31.0 Å². The minimum atomic E-state index is -0.591. The van der Waals surface area contributed by atoms with Crippen molar-refractivity contribution >= 4 is 23.5 Å². The Balaban J connectivity index is 1.56. The lowest BCUT2D eigenvalue weighted by Crippen LogP contribution is -2.35. The molecule has 0 spiro atoms. The number of hydrogen-bond acceptors (Lipinski definition) is 4. The number of hydrogen-bond donors (Lipinski definition) is 1. The third kappa shape index (κ3) is 5.47. The summed E-state index contributed by atoms with van der Waals surface area (Å²) in [5, 5.41) is 3.49. The molecule has 1 aliphatic rings. The molecule has 2 aromatic carbocycles. The highest BCUT2D eigenvalue weighted by Crippen LogP contribution is 2.23. The Bertz CT molecular complexity index is 802. The van der Waals surface area contributed by atoms with Gasteiger partial charge in [0.05, 0.1) is 0 Å². The summed E-state index contributed by atoms with van der Waals surface area (Å²) in [5.74, 6) is -0.477. The highest BCUT2D eigenvalue weighted by molar-refractivity contribution is 6.31. The van der Waals surface area contributed by atoms with E-state index in [1.54, 1.807) is 30.3 Å². The molecule has 5 nitrogen and oxygen atoms in total. The maximum Gasteiger partial charge on any atom is 0.342 e. The van der Waals surface area contributed by atoms with Crippen LogP contribution in [0.2, 0.25) is 5.02 Å². The Morgan fingerprint density at radius 1 is 1.04 bits per heavy atom. The number of para-hydroxylation sites is 1. The van der Waals surface area contributed by atoms with Crippen molar-refractivity contribution in [1.29, 1.82) is 0 Å². The molecule has 6 heteroatoms. The zero-order valence-corrected chi connectivity index (χ0v) is 15.7. The van der Waals surface area contributed by atoms with Gasteiger partial charge in [0.1, 0.15) is 17.9 Å². The van der Waals surface area contributed by atoms with Crippen LogP contribution in [0.25, 0.3) is 0 Å². The van der Waals surface area contributed by atoms with E-state index in [1.165, 1.54) is 0 Å². The predicted octanol–water partition coefficient (Wildman–Crippen LogP) is 4.13. The molecule has 0 radical (unpaired) electrons. The normalized spacial score (nSPS) is 14.0. The maximum atomic E-state index is 12.4. The minimum absolute atomic E-state index is 0.197. The summed E-state index contributed by atoms with van der Waals surface area (Å²) in [4.78, 5) is 24.3. The number of ether oxygens (including phenoxy) is 2. The lowest BCUT2D eigenvalue weighted by atomic mass is 10.2. The fourth-order valence-electron chi connectivity index (χ4n) is 3.08. The number of halogens is 1. The molecule has 0 aromatic heterocycles. The quantitative estimate of drug-likeness (QED) is 0.725. The number of benzene rings is 2. The molecule has 1 N–H and O–H groups in total. The van der Waals surface area contributed by atoms with Crippen molar-refractivity contribution in [3.05, 3.63) is 64.7 Å². The van der Waals surface area contributed by atoms with Crippen LogP contribution in [0.15, 0.2) is 48.5 Å². The second-order valence-corrected chi connectivity index (χ2v) is 6.91. The third-order valence-electron chi connectivity index (χ3n) is 4.50. The van der Waals surface area contributed by atoms with Gasteiger partial charge in [0.2, 0.25) is 0 Å². The van der Waals surface area contributed by atoms with Crippen LogP contribution in [0.3, 0.4) is 0 Å². The van der Waals surface area contributed by atoms with Crippen LogP contribution in [0.1, 0.15) is 41.6 Å². The molecular weight excluding hydrogens is 366 g/mol. The van der Waals surface area contributed by atoms with Gasteiger partial charge in [0.25, 0.3) is 5.91 Å². The van der Waals surface area contributed by atoms with E-state index in [2.05, 4.69) is 5.32 Å². The topological polar surface area (TPSA) is 64.6 Å². The van der Waals surface area contributed by atoms with Gasteiger partial charge in [-0.2, -0.15) is 0 Å². The van der Waals surface area contributed by atoms with E-state index in [0.29, 0.717) is 10.8 Å². The third-order valence-corrected chi connectivity index (χ3v) is 4.87. The number of carbonyl (C=O) groups is 2. The Hall–Kier alpha value is -2.53. The molecule has 142 valence electrons. The standard InChI is InChI=1S/C21H22ClNO4/c22-18-11-5-1-7-15(18)13-26-19-12-6-4-10-17(19)21(25)27-14-20(24)23-16-8-2-3-9-16/h1,4-7,10-12,16H,2-3,8-9,13-14H2,(H,23,24). The minimum Gasteiger partial charge on any atom is -0.488 e. The van der Waals surface area contributed by atoms with Gasteiger partial charge < -0.3 is 14.8 Å². The van der Waals surface area contributed by atoms with Gasteiger partial charge in [-0.3, -0.25) is 4.79 Å². The van der Waals surface area contributed by atoms with Crippen LogP contribution >= 0.6 is 11.6 Å². The van der Waals surface area contributed by atoms with Gasteiger partial charge >= 0.3 is 5.97 Å². The van der Waals surface area contributed by atoms with Crippen LogP contribution in [0.4, 0.5) is 0 Å². The molecule has 2 aromatic rings. The summed E-state index contributed by atoms with van der Waals surface area (Å²) < 4.78 is 10.9. The Morgan fingerprint density at radius 3 is 2.52 bits per heavy atom. The number of carbonyl (C=O) groups excluding carboxylic acids is 2. The zero-order chi connectivity index (χ0) is 19.1. The summed E-state index contributed by atoms with van der Waals surface area (Å²) in [7, 11) is 0. The monoisotopic (exact) mass is 387 g/mol. The number of nitrogens with one attached hydrogen (secondary N) is 1. The molecule has 0 atom stereocenters. The summed E-state index contributed by atoms with van der Waals surface area (Å²) >= 11 is 6.13. The van der Waals surface area contributed by atoms with Gasteiger partial charge in [-0.25, -0.2) is 4.79 Å². The zero-order valence-electron chi connectivity index (χ0n) is 14.9. The molecule has 0 heterocycles. The van der Waals surface area contributed by atoms with Crippen molar-refractivity contribution in [2.75, 3.05) is 6.61 Å². The van der Waals surface area contributed by atoms with Crippen LogP contribution in [-0.2, 0) is 16.1 Å². The molecular formula is C21H22ClNO4. The van der Waals surface area contributed by atoms with E-state index >= 15 is 0 Å². The number of rotatable bonds is 7. The summed E-state index contributed by atoms with van der Waals surface area (Å²) in [5.41, 5.74) is 1.09. The molecule has 1 aliphatic carbocycles. The SMILES string of the molecule is O=C(COC(=O)c1ccccc1OCc1ccccc1Cl)NC1CCCC1. The highest BCUT2D eigenvalue weighted by atomic mass is 35.5. The molecule has 0 aliphatic heterocycles. The molecule has 3 rings (SSSR count). The average Bonchev–Trinajstić information content (AvgIpc) is 3.18. The van der Waals surface area contributed by atoms with E-state index in [0.717, 1.165) is 31.2 Å². The first-order valence-electron chi connectivity index (χ1n) is 9.05. The summed E-state index contributed by atoms with van der Waals surface area (Å²) in [6.45, 7) is -0.0691. The molecule has 0 saturated heterocycles. The second-order valence-electron chi connectivity index (χ2n) is 6.50. The van der Waals surface area contributed by atoms with Crippen molar-refractivity contribution in [3.8, 4) is 5.75 Å². The van der Waals surface area contributed by atoms with E-state index in [-0.39, 0.29) is 30.7 Å². The highest BCUT2D eigenvalue weighted by Gasteiger charge is 2.19. The first-order chi connectivity index (χ1) is 13.1. The van der Waals surface area contributed by atoms with Gasteiger partial charge in [0.15, 0.2) is 6.61 Å². The van der Waals surface area contributed by atoms with Crippen LogP contribution < -0.4 is 10.1 Å². The van der Waals surface area contributed by atoms with E-state index in [4.69, 9.17) is 21.1 Å². The molecule has 1 fully saturated rings. The number of esters is 1. The van der Waals surface area contributed by atoms with Gasteiger partial charge in [0, 0.05) is 16.6 Å². The van der Waals surface area contributed by atoms with Crippen LogP contribution in [0.5, 0.6) is 5.75 Å². The lowest BCUT2D eigenvalue weighted by Gasteiger charge is -2.13. The lowest BCUT2D eigenvalue weighted by molar-refractivity contribution is -0.124. The molecule has 0 unspecified atom stereocenters. The van der Waals surface area contributed by atoms with Crippen molar-refractivity contribution in [1.82, 2.24) is 5.32 Å². The Kier molecular flexibility index (Phi) is 6.71. The predicted molar refractivity (Wildman–Crippen MR) is 103 cm³/mol. The number of amides is 1. The van der Waals surface area contributed by atoms with Crippen molar-refractivity contribution in [2.24, 2.45) is 0 Å². The molecule has 1 saturated carbocycles. The smallest absolute Gasteiger partial charge is 0.342 e. The van der Waals surface area contributed by atoms with Crippen LogP contribution in [0, 0.1) is 0 Å². The van der Waals surface area contributed by atoms with Gasteiger partial charge in [-0.15, -0.1) is 0 Å². The Morgan fingerprint density at radius 2 is 1.74 bits per heavy atom. The van der Waals surface area contributed by atoms with E-state index in [9.17, 15) is 9.59 Å². The first kappa shape index (κ1) is 19.2. The maximum absolute atomic E-state index is 12.4. The molecule has 27 heavy (non-hydrogen) atoms. The van der Waals surface area contributed by atoms with E-state index in [1.807, 2.05) is 18.2 Å². The van der Waals surface area contributed by atoms with Crippen LogP contribution in [-0.4, -0.2) is 24.5 Å². The second kappa shape index (κ2) is 9.42. The largest absolute Gasteiger partial charge is 0.488 e. The van der Waals surface area contributed by atoms with Gasteiger partial charge in [-0.1, -0.05) is 54.8 Å². The van der Waals surface area contributed by atoms with Crippen molar-refractivity contribution in [3.63, 3.8) is 0 Å². The summed E-state index contributed by atoms with van der Waals surface area (Å²) in [6.07, 6.45) is 4.22. The fraction of sp³-hybridized carbons (Fsp3) is 0.333. The first-order valence-corrected chi connectivity index (χ1v) is 9.43. The van der Waals surface area contributed by atoms with E-state index < -0.39 is 5.97 Å². The molecule has 0 bridgehead atoms. The summed E-state index contributed by atoms with van der Waals surface area (Å²) in [6, 6.07) is 14.3. The van der Waals surface area contributed by atoms with Crippen molar-refractivity contribution < 1.29 is 19.1 Å².